The van der Waals surface area contributed by atoms with Crippen LogP contribution in [0.25, 0.3) is 0 Å². The van der Waals surface area contributed by atoms with Gasteiger partial charge in [0.05, 0.1) is 21.6 Å². The Kier molecular flexibility index (Phi) is 5.68. The van der Waals surface area contributed by atoms with Crippen molar-refractivity contribution in [3.8, 4) is 0 Å². The van der Waals surface area contributed by atoms with Crippen LogP contribution in [0.15, 0.2) is 17.0 Å². The molecule has 0 aliphatic heterocycles. The Morgan fingerprint density at radius 2 is 2.00 bits per heavy atom. The summed E-state index contributed by atoms with van der Waals surface area (Å²) in [4.78, 5) is 10.4. The van der Waals surface area contributed by atoms with Gasteiger partial charge in [-0.15, -0.1) is 0 Å². The summed E-state index contributed by atoms with van der Waals surface area (Å²) in [6.45, 7) is 3.02. The summed E-state index contributed by atoms with van der Waals surface area (Å²) >= 11 is 5.48. The van der Waals surface area contributed by atoms with Crippen molar-refractivity contribution >= 4 is 27.6 Å². The van der Waals surface area contributed by atoms with E-state index in [1.54, 1.807) is 0 Å². The molecule has 0 fully saturated rings. The maximum atomic E-state index is 13.6. The van der Waals surface area contributed by atoms with Gasteiger partial charge in [0.2, 0.25) is 10.0 Å². The lowest BCUT2D eigenvalue weighted by Crippen LogP contribution is -2.34. The monoisotopic (exact) mass is 339 g/mol. The van der Waals surface area contributed by atoms with Crippen molar-refractivity contribution in [1.29, 1.82) is 0 Å². The molecule has 0 spiro atoms. The highest BCUT2D eigenvalue weighted by Crippen LogP contribution is 2.24. The molecule has 0 saturated heterocycles. The maximum absolute atomic E-state index is 13.6. The zero-order chi connectivity index (χ0) is 16.4. The third-order valence-electron chi connectivity index (χ3n) is 2.59. The molecule has 0 amide bonds. The van der Waals surface area contributed by atoms with Gasteiger partial charge in [0.25, 0.3) is 0 Å². The highest BCUT2D eigenvalue weighted by atomic mass is 35.5. The molecule has 0 saturated carbocycles. The summed E-state index contributed by atoms with van der Waals surface area (Å²) < 4.78 is 39.9. The summed E-state index contributed by atoms with van der Waals surface area (Å²) in [6.07, 6.45) is -0.569. The van der Waals surface area contributed by atoms with E-state index in [0.29, 0.717) is 6.07 Å². The molecule has 2 atom stereocenters. The second-order valence-corrected chi connectivity index (χ2v) is 6.77. The fraction of sp³-hybridized carbons (Fsp3) is 0.417. The molecule has 0 heterocycles. The molecule has 3 N–H and O–H groups in total. The zero-order valence-electron chi connectivity index (χ0n) is 11.3. The molecule has 0 aromatic heterocycles. The van der Waals surface area contributed by atoms with E-state index in [9.17, 15) is 22.7 Å². The van der Waals surface area contributed by atoms with E-state index in [2.05, 4.69) is 4.72 Å². The van der Waals surface area contributed by atoms with Gasteiger partial charge in [-0.25, -0.2) is 22.3 Å². The number of aliphatic hydroxyl groups is 1. The predicted molar refractivity (Wildman–Crippen MR) is 74.5 cm³/mol. The van der Waals surface area contributed by atoms with Crippen LogP contribution in [0.2, 0.25) is 5.02 Å². The molecular weight excluding hydrogens is 325 g/mol. The Labute approximate surface area is 126 Å². The van der Waals surface area contributed by atoms with Crippen LogP contribution < -0.4 is 4.72 Å². The largest absolute Gasteiger partial charge is 0.478 e. The van der Waals surface area contributed by atoms with E-state index >= 15 is 0 Å². The van der Waals surface area contributed by atoms with Crippen molar-refractivity contribution in [1.82, 2.24) is 4.72 Å². The Morgan fingerprint density at radius 1 is 1.43 bits per heavy atom. The molecule has 1 rings (SSSR count). The van der Waals surface area contributed by atoms with Crippen molar-refractivity contribution in [3.05, 3.63) is 28.5 Å². The zero-order valence-corrected chi connectivity index (χ0v) is 12.9. The molecule has 6 nitrogen and oxygen atoms in total. The van der Waals surface area contributed by atoms with Gasteiger partial charge in [-0.2, -0.15) is 0 Å². The third-order valence-corrected chi connectivity index (χ3v) is 4.55. The quantitative estimate of drug-likeness (QED) is 0.730. The summed E-state index contributed by atoms with van der Waals surface area (Å²) in [5.41, 5.74) is -0.639. The first kappa shape index (κ1) is 17.8. The van der Waals surface area contributed by atoms with Crippen LogP contribution in [-0.4, -0.2) is 36.7 Å². The average Bonchev–Trinajstić information content (AvgIpc) is 2.29. The van der Waals surface area contributed by atoms with Crippen LogP contribution in [0.3, 0.4) is 0 Å². The van der Waals surface area contributed by atoms with E-state index in [4.69, 9.17) is 16.7 Å². The average molecular weight is 340 g/mol. The Morgan fingerprint density at radius 3 is 2.48 bits per heavy atom. The van der Waals surface area contributed by atoms with Gasteiger partial charge in [-0.1, -0.05) is 11.6 Å². The summed E-state index contributed by atoms with van der Waals surface area (Å²) in [5, 5.41) is 17.4. The summed E-state index contributed by atoms with van der Waals surface area (Å²) in [7, 11) is -4.12. The smallest absolute Gasteiger partial charge is 0.337 e. The fourth-order valence-corrected chi connectivity index (χ4v) is 3.25. The molecule has 1 aromatic carbocycles. The standard InChI is InChI=1S/C12H15ClFNO5S/c1-6(3-7(2)16)15-21(19,20)8-4-9(12(17)18)11(13)10(14)5-8/h4-7,15-16H,3H2,1-2H3,(H,17,18). The maximum Gasteiger partial charge on any atom is 0.337 e. The number of aliphatic hydroxyl groups excluding tert-OH is 1. The van der Waals surface area contributed by atoms with E-state index in [1.165, 1.54) is 13.8 Å². The SMILES string of the molecule is CC(O)CC(C)NS(=O)(=O)c1cc(F)c(Cl)c(C(=O)O)c1. The number of benzene rings is 1. The van der Waals surface area contributed by atoms with Crippen LogP contribution in [0.5, 0.6) is 0 Å². The van der Waals surface area contributed by atoms with Gasteiger partial charge in [-0.3, -0.25) is 0 Å². The molecule has 1 aromatic rings. The lowest BCUT2D eigenvalue weighted by Gasteiger charge is -2.16. The van der Waals surface area contributed by atoms with E-state index in [0.717, 1.165) is 6.07 Å². The number of carboxylic acid groups (broad SMARTS) is 1. The van der Waals surface area contributed by atoms with Crippen molar-refractivity contribution in [3.63, 3.8) is 0 Å². The molecule has 0 aliphatic rings. The fourth-order valence-electron chi connectivity index (χ4n) is 1.77. The Balaban J connectivity index is 3.17. The second kappa shape index (κ2) is 6.69. The number of halogens is 2. The van der Waals surface area contributed by atoms with Crippen LogP contribution in [-0.2, 0) is 10.0 Å². The van der Waals surface area contributed by atoms with E-state index < -0.39 is 49.4 Å². The van der Waals surface area contributed by atoms with Crippen molar-refractivity contribution < 1.29 is 27.8 Å². The molecule has 0 radical (unpaired) electrons. The van der Waals surface area contributed by atoms with Crippen LogP contribution >= 0.6 is 11.6 Å². The first-order valence-electron chi connectivity index (χ1n) is 5.97. The lowest BCUT2D eigenvalue weighted by molar-refractivity contribution is 0.0696. The normalized spacial score (nSPS) is 14.7. The Bertz CT molecular complexity index is 647. The lowest BCUT2D eigenvalue weighted by atomic mass is 10.2. The van der Waals surface area contributed by atoms with Gasteiger partial charge in [0.1, 0.15) is 5.82 Å². The number of carbonyl (C=O) groups is 1. The third kappa shape index (κ3) is 4.63. The molecule has 9 heteroatoms. The van der Waals surface area contributed by atoms with Crippen molar-refractivity contribution in [2.75, 3.05) is 0 Å². The van der Waals surface area contributed by atoms with Gasteiger partial charge in [-0.05, 0) is 32.4 Å². The first-order valence-corrected chi connectivity index (χ1v) is 7.83. The molecule has 0 bridgehead atoms. The minimum atomic E-state index is -4.12. The number of hydrogen-bond acceptors (Lipinski definition) is 4. The van der Waals surface area contributed by atoms with Gasteiger partial charge >= 0.3 is 5.97 Å². The molecule has 21 heavy (non-hydrogen) atoms. The number of nitrogens with one attached hydrogen (secondary N) is 1. The van der Waals surface area contributed by atoms with Crippen molar-refractivity contribution in [2.24, 2.45) is 0 Å². The minimum absolute atomic E-state index is 0.154. The second-order valence-electron chi connectivity index (χ2n) is 4.68. The number of aromatic carboxylic acids is 1. The number of sulfonamides is 1. The molecule has 2 unspecified atom stereocenters. The highest BCUT2D eigenvalue weighted by Gasteiger charge is 2.23. The van der Waals surface area contributed by atoms with Gasteiger partial charge in [0, 0.05) is 6.04 Å². The summed E-state index contributed by atoms with van der Waals surface area (Å²) in [5.74, 6) is -2.67. The van der Waals surface area contributed by atoms with Crippen LogP contribution in [0.1, 0.15) is 30.6 Å². The molecule has 0 aliphatic carbocycles. The number of carboxylic acids is 1. The van der Waals surface area contributed by atoms with Crippen LogP contribution in [0.4, 0.5) is 4.39 Å². The van der Waals surface area contributed by atoms with E-state index in [-0.39, 0.29) is 6.42 Å². The predicted octanol–water partition coefficient (Wildman–Crippen LogP) is 1.62. The topological polar surface area (TPSA) is 104 Å². The van der Waals surface area contributed by atoms with E-state index in [1.807, 2.05) is 0 Å². The van der Waals surface area contributed by atoms with Gasteiger partial charge < -0.3 is 10.2 Å². The minimum Gasteiger partial charge on any atom is -0.478 e. The molecular formula is C12H15ClFNO5S. The number of hydrogen-bond donors (Lipinski definition) is 3. The van der Waals surface area contributed by atoms with Crippen molar-refractivity contribution in [2.45, 2.75) is 37.3 Å². The number of rotatable bonds is 6. The van der Waals surface area contributed by atoms with Gasteiger partial charge in [0.15, 0.2) is 0 Å². The first-order chi connectivity index (χ1) is 9.54. The Hall–Kier alpha value is -1.22. The van der Waals surface area contributed by atoms with Crippen LogP contribution in [0, 0.1) is 5.82 Å². The highest BCUT2D eigenvalue weighted by molar-refractivity contribution is 7.89. The molecule has 118 valence electrons. The summed E-state index contributed by atoms with van der Waals surface area (Å²) in [6, 6.07) is 0.819.